The highest BCUT2D eigenvalue weighted by molar-refractivity contribution is 6.02. The molecule has 164 valence electrons. The minimum atomic E-state index is -0.249. The van der Waals surface area contributed by atoms with E-state index in [9.17, 15) is 9.59 Å². The van der Waals surface area contributed by atoms with Crippen LogP contribution in [-0.4, -0.2) is 17.5 Å². The maximum absolute atomic E-state index is 12.5. The Hall–Kier alpha value is -2.95. The molecular formula is C26H33N3O2. The van der Waals surface area contributed by atoms with Gasteiger partial charge in [-0.3, -0.25) is 9.59 Å². The molecule has 0 aliphatic heterocycles. The Kier molecular flexibility index (Phi) is 7.26. The van der Waals surface area contributed by atoms with Crippen LogP contribution >= 0.6 is 0 Å². The lowest BCUT2D eigenvalue weighted by molar-refractivity contribution is -0.120. The average molecular weight is 420 g/mol. The molecule has 1 aliphatic carbocycles. The molecule has 0 unspecified atom stereocenters. The number of benzene rings is 2. The van der Waals surface area contributed by atoms with Crippen molar-refractivity contribution in [3.8, 4) is 0 Å². The van der Waals surface area contributed by atoms with Gasteiger partial charge in [0.2, 0.25) is 5.91 Å². The highest BCUT2D eigenvalue weighted by Crippen LogP contribution is 2.25. The third-order valence-electron chi connectivity index (χ3n) is 5.86. The second kappa shape index (κ2) is 9.90. The standard InChI is InChI=1S/C26H33N3O2/c1-18(28-29-25(31)20-13-15-22(16-14-20)26(2,3)4)21-11-8-12-23(17-21)27-24(30)19-9-6-5-7-10-19/h8,11-17,19H,5-7,9-10H2,1-4H3,(H,27,30)(H,29,31)/b28-18-. The van der Waals surface area contributed by atoms with E-state index in [2.05, 4.69) is 36.6 Å². The summed E-state index contributed by atoms with van der Waals surface area (Å²) in [6.45, 7) is 8.26. The Morgan fingerprint density at radius 2 is 1.61 bits per heavy atom. The maximum atomic E-state index is 12.5. The number of hydrogen-bond donors (Lipinski definition) is 2. The lowest BCUT2D eigenvalue weighted by Crippen LogP contribution is -2.24. The molecule has 2 N–H and O–H groups in total. The van der Waals surface area contributed by atoms with Crippen LogP contribution in [0.1, 0.15) is 81.3 Å². The van der Waals surface area contributed by atoms with Crippen molar-refractivity contribution in [2.45, 2.75) is 65.2 Å². The fourth-order valence-electron chi connectivity index (χ4n) is 3.82. The summed E-state index contributed by atoms with van der Waals surface area (Å²) in [7, 11) is 0. The van der Waals surface area contributed by atoms with Gasteiger partial charge < -0.3 is 5.32 Å². The number of hydrogen-bond acceptors (Lipinski definition) is 3. The molecular weight excluding hydrogens is 386 g/mol. The Morgan fingerprint density at radius 3 is 2.26 bits per heavy atom. The van der Waals surface area contributed by atoms with E-state index in [0.717, 1.165) is 36.9 Å². The molecule has 1 fully saturated rings. The van der Waals surface area contributed by atoms with Gasteiger partial charge >= 0.3 is 0 Å². The van der Waals surface area contributed by atoms with Crippen molar-refractivity contribution in [1.82, 2.24) is 5.43 Å². The van der Waals surface area contributed by atoms with E-state index in [1.54, 1.807) is 0 Å². The van der Waals surface area contributed by atoms with Crippen molar-refractivity contribution in [3.05, 3.63) is 65.2 Å². The predicted octanol–water partition coefficient (Wildman–Crippen LogP) is 5.66. The Morgan fingerprint density at radius 1 is 0.935 bits per heavy atom. The lowest BCUT2D eigenvalue weighted by Gasteiger charge is -2.20. The minimum Gasteiger partial charge on any atom is -0.326 e. The number of hydrazone groups is 1. The first-order valence-electron chi connectivity index (χ1n) is 11.1. The smallest absolute Gasteiger partial charge is 0.271 e. The van der Waals surface area contributed by atoms with Gasteiger partial charge in [0.05, 0.1) is 5.71 Å². The number of anilines is 1. The van der Waals surface area contributed by atoms with Crippen LogP contribution < -0.4 is 10.7 Å². The van der Waals surface area contributed by atoms with Gasteiger partial charge in [0.15, 0.2) is 0 Å². The van der Waals surface area contributed by atoms with E-state index >= 15 is 0 Å². The number of carbonyl (C=O) groups excluding carboxylic acids is 2. The van der Waals surface area contributed by atoms with Gasteiger partial charge in [0.1, 0.15) is 0 Å². The van der Waals surface area contributed by atoms with Gasteiger partial charge in [-0.25, -0.2) is 5.43 Å². The SMILES string of the molecule is C/C(=N/NC(=O)c1ccc(C(C)(C)C)cc1)c1cccc(NC(=O)C2CCCCC2)c1. The van der Waals surface area contributed by atoms with Crippen LogP contribution in [0.15, 0.2) is 53.6 Å². The first-order valence-corrected chi connectivity index (χ1v) is 11.1. The van der Waals surface area contributed by atoms with E-state index in [1.807, 2.05) is 55.5 Å². The summed E-state index contributed by atoms with van der Waals surface area (Å²) in [4.78, 5) is 25.0. The van der Waals surface area contributed by atoms with Gasteiger partial charge in [-0.15, -0.1) is 0 Å². The van der Waals surface area contributed by atoms with Crippen molar-refractivity contribution in [2.75, 3.05) is 5.32 Å². The minimum absolute atomic E-state index is 0.0428. The summed E-state index contributed by atoms with van der Waals surface area (Å²) in [6.07, 6.45) is 5.41. The maximum Gasteiger partial charge on any atom is 0.271 e. The molecule has 0 saturated heterocycles. The molecule has 0 aromatic heterocycles. The fourth-order valence-corrected chi connectivity index (χ4v) is 3.82. The van der Waals surface area contributed by atoms with Crippen molar-refractivity contribution in [1.29, 1.82) is 0 Å². The third kappa shape index (κ3) is 6.27. The summed E-state index contributed by atoms with van der Waals surface area (Å²) in [6, 6.07) is 15.2. The van der Waals surface area contributed by atoms with E-state index in [1.165, 1.54) is 12.0 Å². The van der Waals surface area contributed by atoms with Crippen molar-refractivity contribution < 1.29 is 9.59 Å². The molecule has 5 nitrogen and oxygen atoms in total. The van der Waals surface area contributed by atoms with Crippen LogP contribution in [0.25, 0.3) is 0 Å². The monoisotopic (exact) mass is 419 g/mol. The van der Waals surface area contributed by atoms with Crippen LogP contribution in [-0.2, 0) is 10.2 Å². The molecule has 1 aliphatic rings. The summed E-state index contributed by atoms with van der Waals surface area (Å²) in [5, 5.41) is 7.29. The topological polar surface area (TPSA) is 70.6 Å². The molecule has 0 radical (unpaired) electrons. The molecule has 31 heavy (non-hydrogen) atoms. The Bertz CT molecular complexity index is 949. The number of carbonyl (C=O) groups is 2. The number of rotatable bonds is 5. The zero-order chi connectivity index (χ0) is 22.4. The zero-order valence-corrected chi connectivity index (χ0v) is 19.0. The summed E-state index contributed by atoms with van der Waals surface area (Å²) >= 11 is 0. The largest absolute Gasteiger partial charge is 0.326 e. The average Bonchev–Trinajstić information content (AvgIpc) is 2.77. The Balaban J connectivity index is 1.62. The quantitative estimate of drug-likeness (QED) is 0.485. The summed E-state index contributed by atoms with van der Waals surface area (Å²) < 4.78 is 0. The predicted molar refractivity (Wildman–Crippen MR) is 126 cm³/mol. The molecule has 0 spiro atoms. The Labute approximate surface area is 185 Å². The van der Waals surface area contributed by atoms with E-state index in [0.29, 0.717) is 11.3 Å². The number of amides is 2. The third-order valence-corrected chi connectivity index (χ3v) is 5.86. The highest BCUT2D eigenvalue weighted by atomic mass is 16.2. The molecule has 0 bridgehead atoms. The van der Waals surface area contributed by atoms with E-state index in [-0.39, 0.29) is 23.1 Å². The highest BCUT2D eigenvalue weighted by Gasteiger charge is 2.21. The summed E-state index contributed by atoms with van der Waals surface area (Å²) in [5.41, 5.74) is 6.70. The molecule has 2 amide bonds. The molecule has 2 aromatic carbocycles. The molecule has 5 heteroatoms. The second-order valence-electron chi connectivity index (χ2n) is 9.37. The molecule has 1 saturated carbocycles. The molecule has 0 heterocycles. The molecule has 0 atom stereocenters. The zero-order valence-electron chi connectivity index (χ0n) is 19.0. The second-order valence-corrected chi connectivity index (χ2v) is 9.37. The normalized spacial score (nSPS) is 15.4. The first-order chi connectivity index (χ1) is 14.7. The molecule has 3 rings (SSSR count). The van der Waals surface area contributed by atoms with Gasteiger partial charge in [-0.05, 0) is 60.6 Å². The summed E-state index contributed by atoms with van der Waals surface area (Å²) in [5.74, 6) is -0.0452. The fraction of sp³-hybridized carbons (Fsp3) is 0.423. The van der Waals surface area contributed by atoms with Gasteiger partial charge in [0, 0.05) is 17.2 Å². The van der Waals surface area contributed by atoms with Crippen LogP contribution in [0, 0.1) is 5.92 Å². The first kappa shape index (κ1) is 22.7. The van der Waals surface area contributed by atoms with Crippen LogP contribution in [0.4, 0.5) is 5.69 Å². The van der Waals surface area contributed by atoms with Crippen molar-refractivity contribution in [3.63, 3.8) is 0 Å². The number of nitrogens with zero attached hydrogens (tertiary/aromatic N) is 1. The van der Waals surface area contributed by atoms with Crippen LogP contribution in [0.3, 0.4) is 0 Å². The molecule has 2 aromatic rings. The number of nitrogens with one attached hydrogen (secondary N) is 2. The van der Waals surface area contributed by atoms with Crippen molar-refractivity contribution >= 4 is 23.2 Å². The van der Waals surface area contributed by atoms with E-state index < -0.39 is 0 Å². The van der Waals surface area contributed by atoms with Crippen molar-refractivity contribution in [2.24, 2.45) is 11.0 Å². The van der Waals surface area contributed by atoms with Crippen LogP contribution in [0.2, 0.25) is 0 Å². The van der Waals surface area contributed by atoms with Gasteiger partial charge in [0.25, 0.3) is 5.91 Å². The van der Waals surface area contributed by atoms with E-state index in [4.69, 9.17) is 0 Å². The van der Waals surface area contributed by atoms with Crippen LogP contribution in [0.5, 0.6) is 0 Å². The van der Waals surface area contributed by atoms with Gasteiger partial charge in [-0.1, -0.05) is 64.3 Å². The van der Waals surface area contributed by atoms with Gasteiger partial charge in [-0.2, -0.15) is 5.10 Å². The lowest BCUT2D eigenvalue weighted by atomic mass is 9.87.